The van der Waals surface area contributed by atoms with E-state index in [0.29, 0.717) is 6.42 Å². The maximum absolute atomic E-state index is 10.6. The zero-order valence-corrected chi connectivity index (χ0v) is 4.35. The van der Waals surface area contributed by atoms with Crippen LogP contribution in [-0.4, -0.2) is 24.4 Å². The lowest BCUT2D eigenvalue weighted by atomic mass is 10.4. The minimum Gasteiger partial charge on any atom is -0.346 e. The van der Waals surface area contributed by atoms with E-state index in [-0.39, 0.29) is 5.91 Å². The van der Waals surface area contributed by atoms with E-state index >= 15 is 0 Å². The third-order valence-corrected chi connectivity index (χ3v) is 1.16. The molecule has 1 aliphatic rings. The molecule has 1 aliphatic heterocycles. The summed E-state index contributed by atoms with van der Waals surface area (Å²) in [7, 11) is 1.73. The van der Waals surface area contributed by atoms with Crippen LogP contribution >= 0.6 is 0 Å². The molecule has 1 unspecified atom stereocenters. The van der Waals surface area contributed by atoms with Gasteiger partial charge in [-0.3, -0.25) is 4.79 Å². The van der Waals surface area contributed by atoms with E-state index in [1.54, 1.807) is 11.9 Å². The zero-order valence-electron chi connectivity index (χ0n) is 5.35. The topological polar surface area (TPSA) is 20.3 Å². The van der Waals surface area contributed by atoms with Crippen LogP contribution in [0.2, 0.25) is 0 Å². The predicted octanol–water partition coefficient (Wildman–Crippen LogP) is 0.239. The lowest BCUT2D eigenvalue weighted by Gasteiger charge is -2.03. The fraction of sp³-hybridized carbons (Fsp3) is 0.800. The zero-order chi connectivity index (χ0) is 6.15. The normalized spacial score (nSPS) is 33.9. The molecule has 1 amide bonds. The first-order valence-corrected chi connectivity index (χ1v) is 2.39. The number of carbonyl (C=O) groups is 1. The molecule has 0 aromatic carbocycles. The monoisotopic (exact) mass is 100 g/mol. The summed E-state index contributed by atoms with van der Waals surface area (Å²) >= 11 is 0. The lowest BCUT2D eigenvalue weighted by Crippen LogP contribution is -2.17. The van der Waals surface area contributed by atoms with Gasteiger partial charge in [-0.1, -0.05) is 0 Å². The van der Waals surface area contributed by atoms with Crippen LogP contribution in [0, 0.1) is 0 Å². The number of hydrogen-bond donors (Lipinski definition) is 0. The van der Waals surface area contributed by atoms with Crippen molar-refractivity contribution in [1.82, 2.24) is 4.90 Å². The number of rotatable bonds is 0. The molecule has 1 saturated heterocycles. The van der Waals surface area contributed by atoms with Gasteiger partial charge in [0, 0.05) is 21.4 Å². The van der Waals surface area contributed by atoms with Crippen LogP contribution in [0.3, 0.4) is 0 Å². The number of hydrogen-bond acceptors (Lipinski definition) is 1. The van der Waals surface area contributed by atoms with E-state index in [0.717, 1.165) is 6.54 Å². The van der Waals surface area contributed by atoms with Gasteiger partial charge in [0.25, 0.3) is 0 Å². The molecule has 0 spiro atoms. The number of nitrogens with zero attached hydrogens (tertiary/aromatic N) is 1. The molecule has 1 rings (SSSR count). The number of amides is 1. The van der Waals surface area contributed by atoms with E-state index in [4.69, 9.17) is 1.37 Å². The second kappa shape index (κ2) is 1.52. The third-order valence-electron chi connectivity index (χ3n) is 1.16. The summed E-state index contributed by atoms with van der Waals surface area (Å²) in [5.41, 5.74) is 0. The molecular formula is C5H9NO. The Balaban J connectivity index is 2.57. The molecule has 1 fully saturated rings. The summed E-state index contributed by atoms with van der Waals surface area (Å²) in [6.45, 7) is 0.757. The van der Waals surface area contributed by atoms with Gasteiger partial charge < -0.3 is 4.90 Å². The van der Waals surface area contributed by atoms with Gasteiger partial charge in [0.2, 0.25) is 5.91 Å². The third kappa shape index (κ3) is 0.734. The summed E-state index contributed by atoms with van der Waals surface area (Å²) < 4.78 is 7.08. The Labute approximate surface area is 44.5 Å². The SMILES string of the molecule is [2H]C1CCN(C)C1=O. The highest BCUT2D eigenvalue weighted by molar-refractivity contribution is 5.77. The van der Waals surface area contributed by atoms with Crippen LogP contribution < -0.4 is 0 Å². The van der Waals surface area contributed by atoms with Crippen molar-refractivity contribution in [3.05, 3.63) is 0 Å². The van der Waals surface area contributed by atoms with Gasteiger partial charge in [-0.25, -0.2) is 0 Å². The average Bonchev–Trinajstić information content (AvgIpc) is 1.98. The molecule has 0 bridgehead atoms. The molecule has 0 saturated carbocycles. The molecule has 1 atom stereocenters. The predicted molar refractivity (Wildman–Crippen MR) is 26.9 cm³/mol. The molecule has 0 aliphatic carbocycles. The summed E-state index contributed by atoms with van der Waals surface area (Å²) in [6, 6.07) is 0. The van der Waals surface area contributed by atoms with E-state index < -0.39 is 6.40 Å². The molecule has 0 aromatic heterocycles. The second-order valence-electron chi connectivity index (χ2n) is 1.75. The van der Waals surface area contributed by atoms with Crippen LogP contribution in [-0.2, 0) is 4.79 Å². The van der Waals surface area contributed by atoms with E-state index in [1.807, 2.05) is 0 Å². The Morgan fingerprint density at radius 3 is 2.86 bits per heavy atom. The van der Waals surface area contributed by atoms with Gasteiger partial charge in [-0.05, 0) is 6.42 Å². The van der Waals surface area contributed by atoms with E-state index in [1.165, 1.54) is 0 Å². The van der Waals surface area contributed by atoms with Crippen molar-refractivity contribution >= 4 is 5.91 Å². The molecule has 0 N–H and O–H groups in total. The first-order valence-electron chi connectivity index (χ1n) is 2.97. The minimum absolute atomic E-state index is 0.0370. The lowest BCUT2D eigenvalue weighted by molar-refractivity contribution is -0.126. The Morgan fingerprint density at radius 1 is 2.00 bits per heavy atom. The Bertz CT molecular complexity index is 103. The van der Waals surface area contributed by atoms with Gasteiger partial charge in [0.05, 0.1) is 0 Å². The van der Waals surface area contributed by atoms with Crippen LogP contribution in [0.1, 0.15) is 14.2 Å². The highest BCUT2D eigenvalue weighted by Gasteiger charge is 2.14. The van der Waals surface area contributed by atoms with E-state index in [9.17, 15) is 4.79 Å². The molecule has 7 heavy (non-hydrogen) atoms. The molecule has 1 heterocycles. The first-order chi connectivity index (χ1) is 3.72. The van der Waals surface area contributed by atoms with Crippen LogP contribution in [0.15, 0.2) is 0 Å². The smallest absolute Gasteiger partial charge is 0.222 e. The standard InChI is InChI=1S/C5H9NO/c1-6-4-2-3-5(6)7/h2-4H2,1H3/i3D. The quantitative estimate of drug-likeness (QED) is 0.427. The van der Waals surface area contributed by atoms with Gasteiger partial charge in [-0.2, -0.15) is 0 Å². The van der Waals surface area contributed by atoms with Crippen LogP contribution in [0.5, 0.6) is 0 Å². The maximum Gasteiger partial charge on any atom is 0.222 e. The first kappa shape index (κ1) is 3.47. The largest absolute Gasteiger partial charge is 0.346 e. The van der Waals surface area contributed by atoms with Crippen molar-refractivity contribution in [1.29, 1.82) is 0 Å². The Kier molecular flexibility index (Phi) is 0.755. The molecule has 40 valence electrons. The highest BCUT2D eigenvalue weighted by Crippen LogP contribution is 2.04. The average molecular weight is 100 g/mol. The molecule has 0 aromatic rings. The van der Waals surface area contributed by atoms with E-state index in [2.05, 4.69) is 0 Å². The van der Waals surface area contributed by atoms with Crippen molar-refractivity contribution in [2.24, 2.45) is 0 Å². The van der Waals surface area contributed by atoms with Gasteiger partial charge in [0.1, 0.15) is 0 Å². The van der Waals surface area contributed by atoms with Gasteiger partial charge in [0.15, 0.2) is 0 Å². The maximum atomic E-state index is 10.6. The van der Waals surface area contributed by atoms with Crippen LogP contribution in [0.25, 0.3) is 0 Å². The van der Waals surface area contributed by atoms with Crippen molar-refractivity contribution < 1.29 is 6.17 Å². The summed E-state index contributed by atoms with van der Waals surface area (Å²) in [6.07, 6.45) is 0.231. The van der Waals surface area contributed by atoms with Gasteiger partial charge >= 0.3 is 0 Å². The highest BCUT2D eigenvalue weighted by atomic mass is 16.2. The fourth-order valence-corrected chi connectivity index (χ4v) is 0.648. The summed E-state index contributed by atoms with van der Waals surface area (Å²) in [5, 5.41) is 0. The summed E-state index contributed by atoms with van der Waals surface area (Å²) in [5.74, 6) is -0.0370. The number of carbonyl (C=O) groups excluding carboxylic acids is 1. The van der Waals surface area contributed by atoms with Gasteiger partial charge in [-0.15, -0.1) is 0 Å². The molecule has 0 radical (unpaired) electrons. The molecule has 2 heteroatoms. The van der Waals surface area contributed by atoms with Crippen molar-refractivity contribution in [2.75, 3.05) is 13.6 Å². The fourth-order valence-electron chi connectivity index (χ4n) is 0.648. The molecular weight excluding hydrogens is 90.1 g/mol. The second-order valence-corrected chi connectivity index (χ2v) is 1.75. The minimum atomic E-state index is -0.472. The van der Waals surface area contributed by atoms with Crippen molar-refractivity contribution in [3.63, 3.8) is 0 Å². The molecule has 2 nitrogen and oxygen atoms in total. The number of likely N-dealkylation sites (tertiary alicyclic amines) is 1. The Hall–Kier alpha value is -0.530. The van der Waals surface area contributed by atoms with Crippen LogP contribution in [0.4, 0.5) is 0 Å². The Morgan fingerprint density at radius 2 is 2.71 bits per heavy atom. The van der Waals surface area contributed by atoms with Crippen molar-refractivity contribution in [2.45, 2.75) is 12.8 Å². The summed E-state index contributed by atoms with van der Waals surface area (Å²) in [4.78, 5) is 12.2. The van der Waals surface area contributed by atoms with Crippen molar-refractivity contribution in [3.8, 4) is 0 Å².